The lowest BCUT2D eigenvalue weighted by molar-refractivity contribution is 0.115. The minimum atomic E-state index is 0. The van der Waals surface area contributed by atoms with E-state index in [0.717, 1.165) is 30.7 Å². The Hall–Kier alpha value is -1.02. The van der Waals surface area contributed by atoms with E-state index in [2.05, 4.69) is 22.5 Å². The van der Waals surface area contributed by atoms with Crippen LogP contribution in [0.2, 0.25) is 0 Å². The topological polar surface area (TPSA) is 59.9 Å². The van der Waals surface area contributed by atoms with Crippen molar-refractivity contribution in [2.45, 2.75) is 70.5 Å². The van der Waals surface area contributed by atoms with Crippen molar-refractivity contribution in [3.05, 3.63) is 29.8 Å². The number of halogens is 1. The van der Waals surface area contributed by atoms with Crippen molar-refractivity contribution >= 4 is 29.9 Å². The molecule has 1 aliphatic heterocycles. The van der Waals surface area contributed by atoms with Gasteiger partial charge >= 0.3 is 0 Å². The average molecular weight is 486 g/mol. The number of rotatable bonds is 5. The van der Waals surface area contributed by atoms with Crippen LogP contribution >= 0.6 is 24.0 Å². The average Bonchev–Trinajstić information content (AvgIpc) is 2.67. The zero-order valence-corrected chi connectivity index (χ0v) is 18.8. The zero-order chi connectivity index (χ0) is 18.2. The van der Waals surface area contributed by atoms with Crippen molar-refractivity contribution in [1.29, 1.82) is 0 Å². The molecule has 1 aromatic carbocycles. The van der Waals surface area contributed by atoms with Crippen molar-refractivity contribution in [3.63, 3.8) is 0 Å². The van der Waals surface area contributed by atoms with Gasteiger partial charge in [0, 0.05) is 25.2 Å². The number of hydrogen-bond donors (Lipinski definition) is 3. The molecule has 1 atom stereocenters. The summed E-state index contributed by atoms with van der Waals surface area (Å²) in [6.07, 6.45) is 9.43. The maximum Gasteiger partial charge on any atom is 0.191 e. The van der Waals surface area contributed by atoms with Gasteiger partial charge in [-0.2, -0.15) is 0 Å². The van der Waals surface area contributed by atoms with Gasteiger partial charge in [0.1, 0.15) is 5.75 Å². The molecule has 2 fully saturated rings. The fourth-order valence-electron chi connectivity index (χ4n) is 4.24. The highest BCUT2D eigenvalue weighted by molar-refractivity contribution is 14.0. The molecule has 0 bridgehead atoms. The normalized spacial score (nSPS) is 22.1. The van der Waals surface area contributed by atoms with E-state index < -0.39 is 0 Å². The molecule has 0 aromatic heterocycles. The molecule has 5 nitrogen and oxygen atoms in total. The van der Waals surface area contributed by atoms with Crippen LogP contribution in [0.3, 0.4) is 0 Å². The quantitative estimate of drug-likeness (QED) is 0.336. The highest BCUT2D eigenvalue weighted by atomic mass is 127. The molecule has 3 rings (SSSR count). The molecule has 0 amide bonds. The van der Waals surface area contributed by atoms with Crippen LogP contribution in [0.5, 0.6) is 5.75 Å². The summed E-state index contributed by atoms with van der Waals surface area (Å²) >= 11 is 0. The molecule has 1 saturated carbocycles. The number of piperidine rings is 1. The number of nitrogens with one attached hydrogen (secondary N) is 2. The molecule has 1 saturated heterocycles. The van der Waals surface area contributed by atoms with Gasteiger partial charge in [-0.3, -0.25) is 4.90 Å². The summed E-state index contributed by atoms with van der Waals surface area (Å²) in [5.74, 6) is 1.18. The minimum absolute atomic E-state index is 0. The SMILES string of the molecule is CCNC(=NCc1cccc(O)c1)NC1CCCN(C2CCCCC2)C1.I. The van der Waals surface area contributed by atoms with Gasteiger partial charge < -0.3 is 15.7 Å². The van der Waals surface area contributed by atoms with Crippen LogP contribution in [0.4, 0.5) is 0 Å². The summed E-state index contributed by atoms with van der Waals surface area (Å²) in [5, 5.41) is 16.6. The van der Waals surface area contributed by atoms with Gasteiger partial charge in [-0.25, -0.2) is 4.99 Å². The number of hydrogen-bond acceptors (Lipinski definition) is 3. The molecule has 152 valence electrons. The number of likely N-dealkylation sites (tertiary alicyclic amines) is 1. The molecule has 1 aromatic rings. The van der Waals surface area contributed by atoms with E-state index in [1.807, 2.05) is 12.1 Å². The highest BCUT2D eigenvalue weighted by Crippen LogP contribution is 2.25. The predicted octanol–water partition coefficient (Wildman–Crippen LogP) is 3.86. The largest absolute Gasteiger partial charge is 0.508 e. The standard InChI is InChI=1S/C21H34N4O.HI/c1-2-22-21(23-15-17-8-6-12-20(26)14-17)24-18-9-7-13-25(16-18)19-10-4-3-5-11-19;/h6,8,12,14,18-19,26H,2-5,7,9-11,13,15-16H2,1H3,(H2,22,23,24);1H. The number of nitrogens with zero attached hydrogens (tertiary/aromatic N) is 2. The first-order chi connectivity index (χ1) is 12.7. The number of aliphatic imine (C=N–C) groups is 1. The molecule has 3 N–H and O–H groups in total. The van der Waals surface area contributed by atoms with E-state index in [4.69, 9.17) is 4.99 Å². The van der Waals surface area contributed by atoms with Gasteiger partial charge in [-0.15, -0.1) is 24.0 Å². The van der Waals surface area contributed by atoms with E-state index in [-0.39, 0.29) is 24.0 Å². The van der Waals surface area contributed by atoms with Gasteiger partial charge in [0.15, 0.2) is 5.96 Å². The smallest absolute Gasteiger partial charge is 0.191 e. The van der Waals surface area contributed by atoms with Gasteiger partial charge in [0.2, 0.25) is 0 Å². The second-order valence-corrected chi connectivity index (χ2v) is 7.64. The maximum absolute atomic E-state index is 9.61. The van der Waals surface area contributed by atoms with E-state index in [0.29, 0.717) is 18.3 Å². The Kier molecular flexibility index (Phi) is 9.68. The highest BCUT2D eigenvalue weighted by Gasteiger charge is 2.27. The van der Waals surface area contributed by atoms with Crippen LogP contribution < -0.4 is 10.6 Å². The second-order valence-electron chi connectivity index (χ2n) is 7.64. The molecule has 1 heterocycles. The summed E-state index contributed by atoms with van der Waals surface area (Å²) < 4.78 is 0. The number of aromatic hydroxyl groups is 1. The third kappa shape index (κ3) is 7.14. The lowest BCUT2D eigenvalue weighted by atomic mass is 9.92. The number of phenols is 1. The van der Waals surface area contributed by atoms with E-state index in [1.54, 1.807) is 12.1 Å². The van der Waals surface area contributed by atoms with E-state index in [9.17, 15) is 5.11 Å². The minimum Gasteiger partial charge on any atom is -0.508 e. The molecule has 1 aliphatic carbocycles. The maximum atomic E-state index is 9.61. The summed E-state index contributed by atoms with van der Waals surface area (Å²) in [6, 6.07) is 8.59. The van der Waals surface area contributed by atoms with Crippen LogP contribution in [0.15, 0.2) is 29.3 Å². The Morgan fingerprint density at radius 2 is 2.00 bits per heavy atom. The molecule has 0 radical (unpaired) electrons. The lowest BCUT2D eigenvalue weighted by Crippen LogP contribution is -2.53. The molecular formula is C21H35IN4O. The lowest BCUT2D eigenvalue weighted by Gasteiger charge is -2.40. The van der Waals surface area contributed by atoms with Crippen molar-refractivity contribution < 1.29 is 5.11 Å². The van der Waals surface area contributed by atoms with Gasteiger partial charge in [-0.1, -0.05) is 31.4 Å². The molecule has 0 spiro atoms. The molecule has 27 heavy (non-hydrogen) atoms. The summed E-state index contributed by atoms with van der Waals surface area (Å²) in [6.45, 7) is 5.90. The van der Waals surface area contributed by atoms with Gasteiger partial charge in [-0.05, 0) is 56.8 Å². The van der Waals surface area contributed by atoms with Crippen molar-refractivity contribution in [3.8, 4) is 5.75 Å². The first-order valence-electron chi connectivity index (χ1n) is 10.3. The number of guanidine groups is 1. The molecule has 6 heteroatoms. The van der Waals surface area contributed by atoms with Crippen LogP contribution in [-0.2, 0) is 6.54 Å². The first kappa shape index (κ1) is 22.3. The summed E-state index contributed by atoms with van der Waals surface area (Å²) in [7, 11) is 0. The van der Waals surface area contributed by atoms with Gasteiger partial charge in [0.05, 0.1) is 6.54 Å². The molecule has 1 unspecified atom stereocenters. The third-order valence-corrected chi connectivity index (χ3v) is 5.56. The predicted molar refractivity (Wildman–Crippen MR) is 123 cm³/mol. The van der Waals surface area contributed by atoms with Crippen LogP contribution in [0.25, 0.3) is 0 Å². The monoisotopic (exact) mass is 486 g/mol. The van der Waals surface area contributed by atoms with E-state index in [1.165, 1.54) is 51.5 Å². The van der Waals surface area contributed by atoms with Crippen molar-refractivity contribution in [2.24, 2.45) is 4.99 Å². The Bertz CT molecular complexity index is 589. The fraction of sp³-hybridized carbons (Fsp3) is 0.667. The molecule has 2 aliphatic rings. The Labute approximate surface area is 181 Å². The summed E-state index contributed by atoms with van der Waals surface area (Å²) in [4.78, 5) is 7.43. The zero-order valence-electron chi connectivity index (χ0n) is 16.5. The summed E-state index contributed by atoms with van der Waals surface area (Å²) in [5.41, 5.74) is 1.02. The van der Waals surface area contributed by atoms with Crippen LogP contribution in [0, 0.1) is 0 Å². The Balaban J connectivity index is 0.00000261. The second kappa shape index (κ2) is 11.7. The Morgan fingerprint density at radius 1 is 1.19 bits per heavy atom. The van der Waals surface area contributed by atoms with Crippen LogP contribution in [0.1, 0.15) is 57.4 Å². The first-order valence-corrected chi connectivity index (χ1v) is 10.3. The van der Waals surface area contributed by atoms with Crippen molar-refractivity contribution in [1.82, 2.24) is 15.5 Å². The fourth-order valence-corrected chi connectivity index (χ4v) is 4.24. The Morgan fingerprint density at radius 3 is 2.74 bits per heavy atom. The van der Waals surface area contributed by atoms with Gasteiger partial charge in [0.25, 0.3) is 0 Å². The number of phenolic OH excluding ortho intramolecular Hbond substituents is 1. The molecular weight excluding hydrogens is 451 g/mol. The number of benzene rings is 1. The third-order valence-electron chi connectivity index (χ3n) is 5.56. The van der Waals surface area contributed by atoms with E-state index >= 15 is 0 Å². The van der Waals surface area contributed by atoms with Crippen molar-refractivity contribution in [2.75, 3.05) is 19.6 Å². The van der Waals surface area contributed by atoms with Crippen LogP contribution in [-0.4, -0.2) is 47.7 Å².